The lowest BCUT2D eigenvalue weighted by atomic mass is 9.87. The lowest BCUT2D eigenvalue weighted by molar-refractivity contribution is -0.142. The summed E-state index contributed by atoms with van der Waals surface area (Å²) in [5, 5.41) is 18.9. The first-order chi connectivity index (χ1) is 17.6. The molecule has 6 heteroatoms. The number of benzene rings is 4. The molecule has 4 aromatic carbocycles. The van der Waals surface area contributed by atoms with Crippen molar-refractivity contribution < 1.29 is 14.7 Å². The third-order valence-corrected chi connectivity index (χ3v) is 7.21. The third kappa shape index (κ3) is 5.29. The highest BCUT2D eigenvalue weighted by atomic mass is 32.1. The molecule has 0 saturated heterocycles. The molecule has 0 aliphatic carbocycles. The molecule has 0 aliphatic heterocycles. The van der Waals surface area contributed by atoms with E-state index < -0.39 is 17.9 Å². The summed E-state index contributed by atoms with van der Waals surface area (Å²) >= 11 is 1.41. The van der Waals surface area contributed by atoms with Gasteiger partial charge in [-0.05, 0) is 45.5 Å². The second-order valence-electron chi connectivity index (χ2n) is 8.97. The zero-order valence-corrected chi connectivity index (χ0v) is 20.4. The molecule has 0 saturated carbocycles. The second-order valence-corrected chi connectivity index (χ2v) is 9.68. The molecule has 1 amide bonds. The van der Waals surface area contributed by atoms with Gasteiger partial charge in [-0.1, -0.05) is 84.9 Å². The molecule has 0 aliphatic rings. The standard InChI is InChI=1S/C30H26N2O3S/c33-29(32-28(30(34)35)17-25-18-36-19-31-25)24(15-22-11-5-9-20-7-1-3-13-26(20)22)16-23-12-6-10-21-8-2-4-14-27(21)23/h1-14,18-19,24,28H,15-17H2,(H,32,33)(H,34,35)/t28-/m0/s1. The Morgan fingerprint density at radius 1 is 0.778 bits per heavy atom. The Morgan fingerprint density at radius 2 is 1.33 bits per heavy atom. The number of rotatable bonds is 9. The molecule has 1 atom stereocenters. The lowest BCUT2D eigenvalue weighted by Gasteiger charge is -2.22. The van der Waals surface area contributed by atoms with Crippen LogP contribution in [-0.2, 0) is 28.9 Å². The summed E-state index contributed by atoms with van der Waals surface area (Å²) in [6.45, 7) is 0. The highest BCUT2D eigenvalue weighted by molar-refractivity contribution is 7.07. The molecule has 36 heavy (non-hydrogen) atoms. The van der Waals surface area contributed by atoms with Crippen LogP contribution in [0.15, 0.2) is 95.8 Å². The molecular weight excluding hydrogens is 468 g/mol. The Labute approximate surface area is 213 Å². The fourth-order valence-electron chi connectivity index (χ4n) is 4.77. The average molecular weight is 495 g/mol. The molecule has 0 radical (unpaired) electrons. The van der Waals surface area contributed by atoms with E-state index in [9.17, 15) is 14.7 Å². The first-order valence-electron chi connectivity index (χ1n) is 11.9. The van der Waals surface area contributed by atoms with E-state index in [1.165, 1.54) is 11.3 Å². The number of hydrogen-bond acceptors (Lipinski definition) is 4. The fraction of sp³-hybridized carbons (Fsp3) is 0.167. The number of thiazole rings is 1. The Balaban J connectivity index is 1.48. The number of amides is 1. The van der Waals surface area contributed by atoms with E-state index >= 15 is 0 Å². The van der Waals surface area contributed by atoms with Gasteiger partial charge in [0.15, 0.2) is 0 Å². The van der Waals surface area contributed by atoms with E-state index in [1.807, 2.05) is 41.8 Å². The van der Waals surface area contributed by atoms with Crippen molar-refractivity contribution in [2.75, 3.05) is 0 Å². The van der Waals surface area contributed by atoms with Crippen LogP contribution in [0.4, 0.5) is 0 Å². The molecule has 180 valence electrons. The van der Waals surface area contributed by atoms with Gasteiger partial charge in [0.2, 0.25) is 5.91 Å². The predicted octanol–water partition coefficient (Wildman–Crippen LogP) is 5.66. The molecular formula is C30H26N2O3S. The highest BCUT2D eigenvalue weighted by Gasteiger charge is 2.27. The van der Waals surface area contributed by atoms with Crippen molar-refractivity contribution in [2.24, 2.45) is 5.92 Å². The summed E-state index contributed by atoms with van der Waals surface area (Å²) in [6.07, 6.45) is 1.15. The van der Waals surface area contributed by atoms with Crippen molar-refractivity contribution in [1.29, 1.82) is 0 Å². The van der Waals surface area contributed by atoms with Crippen molar-refractivity contribution in [1.82, 2.24) is 10.3 Å². The minimum atomic E-state index is -1.06. The van der Waals surface area contributed by atoms with Crippen molar-refractivity contribution >= 4 is 44.8 Å². The number of aliphatic carboxylic acids is 1. The summed E-state index contributed by atoms with van der Waals surface area (Å²) in [7, 11) is 0. The van der Waals surface area contributed by atoms with Crippen molar-refractivity contribution in [2.45, 2.75) is 25.3 Å². The number of carbonyl (C=O) groups is 2. The maximum Gasteiger partial charge on any atom is 0.326 e. The van der Waals surface area contributed by atoms with Gasteiger partial charge in [-0.2, -0.15) is 0 Å². The maximum atomic E-state index is 13.7. The summed E-state index contributed by atoms with van der Waals surface area (Å²) in [5.74, 6) is -1.78. The number of hydrogen-bond donors (Lipinski definition) is 2. The normalized spacial score (nSPS) is 12.1. The van der Waals surface area contributed by atoms with Crippen LogP contribution in [-0.4, -0.2) is 28.0 Å². The topological polar surface area (TPSA) is 79.3 Å². The quantitative estimate of drug-likeness (QED) is 0.277. The van der Waals surface area contributed by atoms with Crippen molar-refractivity contribution in [3.05, 3.63) is 113 Å². The van der Waals surface area contributed by atoms with Crippen LogP contribution in [0.5, 0.6) is 0 Å². The van der Waals surface area contributed by atoms with Gasteiger partial charge in [0.05, 0.1) is 11.2 Å². The second kappa shape index (κ2) is 10.7. The number of nitrogens with one attached hydrogen (secondary N) is 1. The Bertz CT molecular complexity index is 1420. The van der Waals surface area contributed by atoms with E-state index in [0.29, 0.717) is 18.5 Å². The SMILES string of the molecule is O=C(N[C@@H](Cc1cscn1)C(=O)O)C(Cc1cccc2ccccc12)Cc1cccc2ccccc12. The molecule has 0 unspecified atom stereocenters. The third-order valence-electron chi connectivity index (χ3n) is 6.57. The molecule has 0 spiro atoms. The Morgan fingerprint density at radius 3 is 1.86 bits per heavy atom. The summed E-state index contributed by atoms with van der Waals surface area (Å²) in [6, 6.07) is 27.5. The number of aromatic nitrogens is 1. The van der Waals surface area contributed by atoms with E-state index in [-0.39, 0.29) is 12.3 Å². The van der Waals surface area contributed by atoms with Crippen LogP contribution in [0, 0.1) is 5.92 Å². The van der Waals surface area contributed by atoms with E-state index in [2.05, 4.69) is 58.8 Å². The maximum absolute atomic E-state index is 13.7. The number of carbonyl (C=O) groups excluding carboxylic acids is 1. The van der Waals surface area contributed by atoms with Gasteiger partial charge in [0, 0.05) is 17.7 Å². The average Bonchev–Trinajstić information content (AvgIpc) is 3.41. The zero-order chi connectivity index (χ0) is 24.9. The smallest absolute Gasteiger partial charge is 0.326 e. The van der Waals surface area contributed by atoms with E-state index in [4.69, 9.17) is 0 Å². The number of carboxylic acid groups (broad SMARTS) is 1. The van der Waals surface area contributed by atoms with Crippen LogP contribution in [0.1, 0.15) is 16.8 Å². The van der Waals surface area contributed by atoms with Gasteiger partial charge in [0.1, 0.15) is 6.04 Å². The molecule has 0 bridgehead atoms. The van der Waals surface area contributed by atoms with E-state index in [1.54, 1.807) is 5.51 Å². The highest BCUT2D eigenvalue weighted by Crippen LogP contribution is 2.26. The summed E-state index contributed by atoms with van der Waals surface area (Å²) < 4.78 is 0. The van der Waals surface area contributed by atoms with Gasteiger partial charge >= 0.3 is 5.97 Å². The van der Waals surface area contributed by atoms with Crippen molar-refractivity contribution in [3.8, 4) is 0 Å². The molecule has 5 aromatic rings. The monoisotopic (exact) mass is 494 g/mol. The molecule has 5 nitrogen and oxygen atoms in total. The first kappa shape index (κ1) is 23.7. The van der Waals surface area contributed by atoms with Crippen LogP contribution in [0.25, 0.3) is 21.5 Å². The molecule has 1 heterocycles. The van der Waals surface area contributed by atoms with Crippen LogP contribution in [0.3, 0.4) is 0 Å². The largest absolute Gasteiger partial charge is 0.480 e. The van der Waals surface area contributed by atoms with Gasteiger partial charge in [-0.3, -0.25) is 4.79 Å². The van der Waals surface area contributed by atoms with Crippen LogP contribution >= 0.6 is 11.3 Å². The van der Waals surface area contributed by atoms with Crippen LogP contribution < -0.4 is 5.32 Å². The van der Waals surface area contributed by atoms with Crippen LogP contribution in [0.2, 0.25) is 0 Å². The van der Waals surface area contributed by atoms with Crippen molar-refractivity contribution in [3.63, 3.8) is 0 Å². The summed E-state index contributed by atoms with van der Waals surface area (Å²) in [5.41, 5.74) is 4.46. The lowest BCUT2D eigenvalue weighted by Crippen LogP contribution is -2.45. The predicted molar refractivity (Wildman–Crippen MR) is 144 cm³/mol. The minimum Gasteiger partial charge on any atom is -0.480 e. The molecule has 2 N–H and O–H groups in total. The van der Waals surface area contributed by atoms with E-state index in [0.717, 1.165) is 32.7 Å². The number of nitrogens with zero attached hydrogens (tertiary/aromatic N) is 1. The minimum absolute atomic E-state index is 0.153. The first-order valence-corrected chi connectivity index (χ1v) is 12.9. The van der Waals surface area contributed by atoms with Gasteiger partial charge in [-0.15, -0.1) is 11.3 Å². The fourth-order valence-corrected chi connectivity index (χ4v) is 5.34. The zero-order valence-electron chi connectivity index (χ0n) is 19.6. The van der Waals surface area contributed by atoms with Gasteiger partial charge < -0.3 is 10.4 Å². The van der Waals surface area contributed by atoms with Gasteiger partial charge in [0.25, 0.3) is 0 Å². The molecule has 0 fully saturated rings. The Kier molecular flexibility index (Phi) is 7.05. The Hall–Kier alpha value is -4.03. The van der Waals surface area contributed by atoms with Gasteiger partial charge in [-0.25, -0.2) is 9.78 Å². The molecule has 1 aromatic heterocycles. The number of fused-ring (bicyclic) bond motifs is 2. The number of carboxylic acids is 1. The summed E-state index contributed by atoms with van der Waals surface area (Å²) in [4.78, 5) is 29.9. The molecule has 5 rings (SSSR count).